The maximum absolute atomic E-state index is 12.1. The fraction of sp³-hybridized carbons (Fsp3) is 0.571. The smallest absolute Gasteiger partial charge is 0.256 e. The van der Waals surface area contributed by atoms with Crippen molar-refractivity contribution in [2.45, 2.75) is 25.8 Å². The molecule has 0 aliphatic carbocycles. The maximum atomic E-state index is 12.1. The fourth-order valence-electron chi connectivity index (χ4n) is 2.37. The molecule has 1 atom stereocenters. The number of rotatable bonds is 5. The second kappa shape index (κ2) is 6.52. The molecule has 5 nitrogen and oxygen atoms in total. The molecule has 1 N–H and O–H groups in total. The van der Waals surface area contributed by atoms with E-state index in [0.29, 0.717) is 24.0 Å². The van der Waals surface area contributed by atoms with Gasteiger partial charge in [0, 0.05) is 18.8 Å². The number of carbonyl (C=O) groups is 1. The molecule has 1 aromatic heterocycles. The van der Waals surface area contributed by atoms with E-state index in [-0.39, 0.29) is 5.91 Å². The first-order valence-corrected chi connectivity index (χ1v) is 6.73. The Balaban J connectivity index is 1.90. The van der Waals surface area contributed by atoms with Gasteiger partial charge in [-0.2, -0.15) is 0 Å². The third kappa shape index (κ3) is 3.44. The monoisotopic (exact) mass is 263 g/mol. The zero-order valence-corrected chi connectivity index (χ0v) is 11.6. The van der Waals surface area contributed by atoms with E-state index >= 15 is 0 Å². The summed E-state index contributed by atoms with van der Waals surface area (Å²) in [4.78, 5) is 18.5. The second-order valence-corrected chi connectivity index (χ2v) is 4.86. The molecule has 1 fully saturated rings. The number of pyridine rings is 1. The van der Waals surface area contributed by atoms with Crippen molar-refractivity contribution >= 4 is 5.91 Å². The molecule has 1 aromatic rings. The largest absolute Gasteiger partial charge is 0.480 e. The van der Waals surface area contributed by atoms with Gasteiger partial charge in [-0.1, -0.05) is 0 Å². The Labute approximate surface area is 114 Å². The normalized spacial score (nSPS) is 17.2. The van der Waals surface area contributed by atoms with Crippen LogP contribution in [-0.4, -0.2) is 48.6 Å². The Kier molecular flexibility index (Phi) is 4.74. The van der Waals surface area contributed by atoms with Crippen LogP contribution in [0.15, 0.2) is 18.3 Å². The number of hydrogen-bond acceptors (Lipinski definition) is 4. The zero-order chi connectivity index (χ0) is 13.7. The van der Waals surface area contributed by atoms with Crippen molar-refractivity contribution < 1.29 is 9.53 Å². The standard InChI is InChI=1S/C14H21N3O2/c1-11(17-8-3-4-9-17)10-16-13(18)12-6-5-7-15-14(12)19-2/h5-7,11H,3-4,8-10H2,1-2H3,(H,16,18)/t11-/m1/s1. The molecule has 5 heteroatoms. The number of likely N-dealkylation sites (tertiary alicyclic amines) is 1. The number of amides is 1. The van der Waals surface area contributed by atoms with Gasteiger partial charge in [0.05, 0.1) is 7.11 Å². The third-order valence-corrected chi connectivity index (χ3v) is 3.53. The van der Waals surface area contributed by atoms with Gasteiger partial charge in [-0.25, -0.2) is 4.98 Å². The number of methoxy groups -OCH3 is 1. The van der Waals surface area contributed by atoms with Gasteiger partial charge in [0.2, 0.25) is 5.88 Å². The van der Waals surface area contributed by atoms with E-state index in [1.165, 1.54) is 20.0 Å². The zero-order valence-electron chi connectivity index (χ0n) is 11.6. The number of ether oxygens (including phenoxy) is 1. The SMILES string of the molecule is COc1ncccc1C(=O)NC[C@@H](C)N1CCCC1. The Bertz CT molecular complexity index is 430. The third-order valence-electron chi connectivity index (χ3n) is 3.53. The molecule has 0 unspecified atom stereocenters. The highest BCUT2D eigenvalue weighted by molar-refractivity contribution is 5.96. The van der Waals surface area contributed by atoms with Crippen molar-refractivity contribution in [2.24, 2.45) is 0 Å². The van der Waals surface area contributed by atoms with E-state index in [1.54, 1.807) is 18.3 Å². The predicted molar refractivity (Wildman–Crippen MR) is 73.4 cm³/mol. The molecule has 1 aliphatic heterocycles. The number of carbonyl (C=O) groups excluding carboxylic acids is 1. The average Bonchev–Trinajstić information content (AvgIpc) is 2.98. The van der Waals surface area contributed by atoms with Gasteiger partial charge in [0.15, 0.2) is 0 Å². The molecule has 0 saturated carbocycles. The molecule has 0 radical (unpaired) electrons. The Morgan fingerprint density at radius 1 is 1.53 bits per heavy atom. The summed E-state index contributed by atoms with van der Waals surface area (Å²) in [5.41, 5.74) is 0.485. The van der Waals surface area contributed by atoms with E-state index in [4.69, 9.17) is 4.74 Å². The summed E-state index contributed by atoms with van der Waals surface area (Å²) in [5.74, 6) is 0.241. The number of nitrogens with one attached hydrogen (secondary N) is 1. The highest BCUT2D eigenvalue weighted by Gasteiger charge is 2.19. The number of hydrogen-bond donors (Lipinski definition) is 1. The van der Waals surface area contributed by atoms with Crippen molar-refractivity contribution in [3.63, 3.8) is 0 Å². The summed E-state index contributed by atoms with van der Waals surface area (Å²) in [7, 11) is 1.52. The van der Waals surface area contributed by atoms with Crippen molar-refractivity contribution in [1.82, 2.24) is 15.2 Å². The minimum absolute atomic E-state index is 0.129. The van der Waals surface area contributed by atoms with Gasteiger partial charge in [0.1, 0.15) is 5.56 Å². The second-order valence-electron chi connectivity index (χ2n) is 4.86. The van der Waals surface area contributed by atoms with Gasteiger partial charge < -0.3 is 10.1 Å². The Morgan fingerprint density at radius 2 is 2.26 bits per heavy atom. The first-order chi connectivity index (χ1) is 9.22. The molecule has 104 valence electrons. The molecule has 2 rings (SSSR count). The molecule has 0 aromatic carbocycles. The number of aromatic nitrogens is 1. The Morgan fingerprint density at radius 3 is 2.95 bits per heavy atom. The van der Waals surface area contributed by atoms with E-state index in [1.807, 2.05) is 0 Å². The molecule has 2 heterocycles. The molecule has 19 heavy (non-hydrogen) atoms. The van der Waals surface area contributed by atoms with Crippen LogP contribution in [0.4, 0.5) is 0 Å². The van der Waals surface area contributed by atoms with Gasteiger partial charge in [-0.15, -0.1) is 0 Å². The fourth-order valence-corrected chi connectivity index (χ4v) is 2.37. The molecule has 1 amide bonds. The van der Waals surface area contributed by atoms with Gasteiger partial charge in [-0.05, 0) is 45.0 Å². The molecule has 0 bridgehead atoms. The van der Waals surface area contributed by atoms with Crippen LogP contribution in [0.25, 0.3) is 0 Å². The topological polar surface area (TPSA) is 54.5 Å². The van der Waals surface area contributed by atoms with Crippen molar-refractivity contribution in [3.8, 4) is 5.88 Å². The van der Waals surface area contributed by atoms with Crippen LogP contribution < -0.4 is 10.1 Å². The lowest BCUT2D eigenvalue weighted by atomic mass is 10.2. The van der Waals surface area contributed by atoms with Gasteiger partial charge in [0.25, 0.3) is 5.91 Å². The van der Waals surface area contributed by atoms with Crippen LogP contribution in [0.3, 0.4) is 0 Å². The number of nitrogens with zero attached hydrogens (tertiary/aromatic N) is 2. The van der Waals surface area contributed by atoms with Crippen LogP contribution >= 0.6 is 0 Å². The van der Waals surface area contributed by atoms with E-state index in [0.717, 1.165) is 13.1 Å². The van der Waals surface area contributed by atoms with Gasteiger partial charge in [-0.3, -0.25) is 9.69 Å². The van der Waals surface area contributed by atoms with Crippen LogP contribution in [0.5, 0.6) is 5.88 Å². The van der Waals surface area contributed by atoms with E-state index in [2.05, 4.69) is 22.1 Å². The minimum atomic E-state index is -0.129. The van der Waals surface area contributed by atoms with Crippen molar-refractivity contribution in [1.29, 1.82) is 0 Å². The first-order valence-electron chi connectivity index (χ1n) is 6.73. The average molecular weight is 263 g/mol. The van der Waals surface area contributed by atoms with Crippen molar-refractivity contribution in [3.05, 3.63) is 23.9 Å². The minimum Gasteiger partial charge on any atom is -0.480 e. The molecular formula is C14H21N3O2. The van der Waals surface area contributed by atoms with Crippen molar-refractivity contribution in [2.75, 3.05) is 26.7 Å². The quantitative estimate of drug-likeness (QED) is 0.870. The van der Waals surface area contributed by atoms with E-state index in [9.17, 15) is 4.79 Å². The summed E-state index contributed by atoms with van der Waals surface area (Å²) in [6.07, 6.45) is 4.13. The lowest BCUT2D eigenvalue weighted by molar-refractivity contribution is 0.0936. The van der Waals surface area contributed by atoms with Crippen LogP contribution in [-0.2, 0) is 0 Å². The van der Waals surface area contributed by atoms with Crippen LogP contribution in [0.1, 0.15) is 30.1 Å². The first kappa shape index (κ1) is 13.8. The molecule has 1 aliphatic rings. The summed E-state index contributed by atoms with van der Waals surface area (Å²) in [6.45, 7) is 5.06. The highest BCUT2D eigenvalue weighted by Crippen LogP contribution is 2.14. The highest BCUT2D eigenvalue weighted by atomic mass is 16.5. The van der Waals surface area contributed by atoms with E-state index < -0.39 is 0 Å². The Hall–Kier alpha value is -1.62. The molecular weight excluding hydrogens is 242 g/mol. The van der Waals surface area contributed by atoms with Crippen LogP contribution in [0.2, 0.25) is 0 Å². The molecule has 1 saturated heterocycles. The lowest BCUT2D eigenvalue weighted by Gasteiger charge is -2.23. The summed E-state index contributed by atoms with van der Waals surface area (Å²) >= 11 is 0. The van der Waals surface area contributed by atoms with Gasteiger partial charge >= 0.3 is 0 Å². The lowest BCUT2D eigenvalue weighted by Crippen LogP contribution is -2.40. The maximum Gasteiger partial charge on any atom is 0.256 e. The summed E-state index contributed by atoms with van der Waals surface area (Å²) in [5, 5.41) is 2.95. The predicted octanol–water partition coefficient (Wildman–Crippen LogP) is 1.30. The molecule has 0 spiro atoms. The summed E-state index contributed by atoms with van der Waals surface area (Å²) < 4.78 is 5.09. The summed E-state index contributed by atoms with van der Waals surface area (Å²) in [6, 6.07) is 3.83. The van der Waals surface area contributed by atoms with Crippen LogP contribution in [0, 0.1) is 0 Å².